The van der Waals surface area contributed by atoms with Gasteiger partial charge in [-0.3, -0.25) is 4.79 Å². The van der Waals surface area contributed by atoms with Crippen molar-refractivity contribution in [1.82, 2.24) is 9.29 Å². The van der Waals surface area contributed by atoms with E-state index < -0.39 is 10.0 Å². The van der Waals surface area contributed by atoms with Gasteiger partial charge in [0.25, 0.3) is 0 Å². The van der Waals surface area contributed by atoms with Crippen LogP contribution in [0.15, 0.2) is 71.1 Å². The van der Waals surface area contributed by atoms with Gasteiger partial charge in [0.2, 0.25) is 15.9 Å². The molecule has 0 spiro atoms. The summed E-state index contributed by atoms with van der Waals surface area (Å²) in [5, 5.41) is 5.15. The number of benzene rings is 2. The first kappa shape index (κ1) is 20.5. The van der Waals surface area contributed by atoms with E-state index in [1.807, 2.05) is 30.3 Å². The van der Waals surface area contributed by atoms with Gasteiger partial charge in [0.05, 0.1) is 4.90 Å². The van der Waals surface area contributed by atoms with Gasteiger partial charge in [-0.25, -0.2) is 13.4 Å². The average molecular weight is 444 g/mol. The van der Waals surface area contributed by atoms with E-state index in [1.165, 1.54) is 15.6 Å². The number of sulfonamides is 1. The zero-order valence-corrected chi connectivity index (χ0v) is 17.7. The van der Waals surface area contributed by atoms with Crippen molar-refractivity contribution >= 4 is 32.4 Å². The molecule has 9 heteroatoms. The molecule has 0 saturated carbocycles. The number of nitrogens with one attached hydrogen (secondary N) is 1. The molecule has 0 atom stereocenters. The maximum atomic E-state index is 13.0. The molecule has 0 radical (unpaired) electrons. The lowest BCUT2D eigenvalue weighted by Gasteiger charge is -2.30. The van der Waals surface area contributed by atoms with Crippen LogP contribution in [0.1, 0.15) is 12.8 Å². The molecule has 1 aliphatic heterocycles. The number of anilines is 1. The fraction of sp³-hybridized carbons (Fsp3) is 0.238. The maximum Gasteiger partial charge on any atom is 0.243 e. The van der Waals surface area contributed by atoms with Gasteiger partial charge in [-0.1, -0.05) is 18.2 Å². The number of thiazole rings is 1. The average Bonchev–Trinajstić information content (AvgIpc) is 3.28. The van der Waals surface area contributed by atoms with Crippen LogP contribution in [0.25, 0.3) is 0 Å². The summed E-state index contributed by atoms with van der Waals surface area (Å²) < 4.78 is 33.1. The highest BCUT2D eigenvalue weighted by Gasteiger charge is 2.32. The number of carbonyl (C=O) groups excluding carboxylic acids is 1. The van der Waals surface area contributed by atoms with Crippen molar-refractivity contribution in [3.63, 3.8) is 0 Å². The second kappa shape index (κ2) is 8.95. The van der Waals surface area contributed by atoms with Crippen molar-refractivity contribution in [2.75, 3.05) is 18.4 Å². The molecule has 1 aliphatic rings. The molecule has 1 aromatic heterocycles. The Hall–Kier alpha value is -2.75. The number of piperidine rings is 1. The number of hydrogen-bond acceptors (Lipinski definition) is 6. The standard InChI is InChI=1S/C21H21N3O4S2/c25-20(23-21-22-12-15-29-21)16-10-13-24(14-11-16)30(26,27)19-8-6-18(7-9-19)28-17-4-2-1-3-5-17/h1-9,12,15-16H,10-11,13-14H2,(H,22,23,25). The SMILES string of the molecule is O=C(Nc1nccs1)C1CCN(S(=O)(=O)c2ccc(Oc3ccccc3)cc2)CC1. The number of amides is 1. The van der Waals surface area contributed by atoms with Crippen molar-refractivity contribution in [2.24, 2.45) is 5.92 Å². The highest BCUT2D eigenvalue weighted by atomic mass is 32.2. The van der Waals surface area contributed by atoms with E-state index in [0.29, 0.717) is 42.6 Å². The summed E-state index contributed by atoms with van der Waals surface area (Å²) in [6, 6.07) is 15.7. The fourth-order valence-electron chi connectivity index (χ4n) is 3.30. The quantitative estimate of drug-likeness (QED) is 0.623. The molecular weight excluding hydrogens is 422 g/mol. The van der Waals surface area contributed by atoms with Crippen LogP contribution in [0.3, 0.4) is 0 Å². The molecule has 1 amide bonds. The Kier molecular flexibility index (Phi) is 6.12. The lowest BCUT2D eigenvalue weighted by molar-refractivity contribution is -0.120. The lowest BCUT2D eigenvalue weighted by atomic mass is 9.97. The topological polar surface area (TPSA) is 88.6 Å². The highest BCUT2D eigenvalue weighted by Crippen LogP contribution is 2.27. The van der Waals surface area contributed by atoms with Gasteiger partial charge in [0.15, 0.2) is 5.13 Å². The van der Waals surface area contributed by atoms with E-state index >= 15 is 0 Å². The molecule has 30 heavy (non-hydrogen) atoms. The van der Waals surface area contributed by atoms with E-state index in [0.717, 1.165) is 0 Å². The Labute approximate surface area is 179 Å². The third-order valence-corrected chi connectivity index (χ3v) is 7.53. The largest absolute Gasteiger partial charge is 0.457 e. The van der Waals surface area contributed by atoms with Crippen molar-refractivity contribution in [3.05, 3.63) is 66.2 Å². The third kappa shape index (κ3) is 4.69. The van der Waals surface area contributed by atoms with Gasteiger partial charge in [0, 0.05) is 30.6 Å². The Morgan fingerprint density at radius 2 is 1.70 bits per heavy atom. The normalized spacial score (nSPS) is 15.6. The van der Waals surface area contributed by atoms with E-state index in [-0.39, 0.29) is 16.7 Å². The first-order valence-corrected chi connectivity index (χ1v) is 11.9. The summed E-state index contributed by atoms with van der Waals surface area (Å²) in [5.41, 5.74) is 0. The molecule has 1 saturated heterocycles. The Morgan fingerprint density at radius 1 is 1.03 bits per heavy atom. The zero-order chi connectivity index (χ0) is 21.0. The molecule has 1 N–H and O–H groups in total. The minimum atomic E-state index is -3.61. The molecule has 7 nitrogen and oxygen atoms in total. The first-order valence-electron chi connectivity index (χ1n) is 9.56. The van der Waals surface area contributed by atoms with Crippen molar-refractivity contribution in [1.29, 1.82) is 0 Å². The van der Waals surface area contributed by atoms with Crippen LogP contribution in [0.4, 0.5) is 5.13 Å². The second-order valence-electron chi connectivity index (χ2n) is 6.89. The number of hydrogen-bond donors (Lipinski definition) is 1. The molecule has 3 aromatic rings. The van der Waals surface area contributed by atoms with E-state index in [4.69, 9.17) is 4.74 Å². The van der Waals surface area contributed by atoms with Crippen molar-refractivity contribution < 1.29 is 17.9 Å². The minimum absolute atomic E-state index is 0.107. The monoisotopic (exact) mass is 443 g/mol. The molecule has 4 rings (SSSR count). The molecule has 2 heterocycles. The van der Waals surface area contributed by atoms with E-state index in [1.54, 1.807) is 35.8 Å². The summed E-state index contributed by atoms with van der Waals surface area (Å²) in [5.74, 6) is 0.926. The smallest absolute Gasteiger partial charge is 0.243 e. The van der Waals surface area contributed by atoms with Gasteiger partial charge < -0.3 is 10.1 Å². The number of rotatable bonds is 6. The third-order valence-electron chi connectivity index (χ3n) is 4.93. The van der Waals surface area contributed by atoms with Crippen LogP contribution < -0.4 is 10.1 Å². The van der Waals surface area contributed by atoms with Crippen LogP contribution in [0, 0.1) is 5.92 Å². The molecule has 2 aromatic carbocycles. The minimum Gasteiger partial charge on any atom is -0.457 e. The summed E-state index contributed by atoms with van der Waals surface area (Å²) in [6.45, 7) is 0.612. The zero-order valence-electron chi connectivity index (χ0n) is 16.1. The second-order valence-corrected chi connectivity index (χ2v) is 9.72. The fourth-order valence-corrected chi connectivity index (χ4v) is 5.31. The van der Waals surface area contributed by atoms with Crippen molar-refractivity contribution in [2.45, 2.75) is 17.7 Å². The number of carbonyl (C=O) groups is 1. The first-order chi connectivity index (χ1) is 14.5. The molecule has 1 fully saturated rings. The lowest BCUT2D eigenvalue weighted by Crippen LogP contribution is -2.41. The number of ether oxygens (including phenoxy) is 1. The Balaban J connectivity index is 1.36. The van der Waals surface area contributed by atoms with Crippen LogP contribution in [0.5, 0.6) is 11.5 Å². The summed E-state index contributed by atoms with van der Waals surface area (Å²) in [4.78, 5) is 16.6. The maximum absolute atomic E-state index is 13.0. The number of nitrogens with zero attached hydrogens (tertiary/aromatic N) is 2. The van der Waals surface area contributed by atoms with E-state index in [9.17, 15) is 13.2 Å². The molecule has 0 aliphatic carbocycles. The summed E-state index contributed by atoms with van der Waals surface area (Å²) in [7, 11) is -3.61. The molecule has 156 valence electrons. The van der Waals surface area contributed by atoms with Crippen LogP contribution in [-0.2, 0) is 14.8 Å². The Bertz CT molecular complexity index is 1080. The number of aromatic nitrogens is 1. The molecule has 0 bridgehead atoms. The molecule has 0 unspecified atom stereocenters. The van der Waals surface area contributed by atoms with Gasteiger partial charge in [-0.2, -0.15) is 4.31 Å². The predicted octanol–water partition coefficient (Wildman–Crippen LogP) is 3.97. The molecular formula is C21H21N3O4S2. The summed E-state index contributed by atoms with van der Waals surface area (Å²) >= 11 is 1.36. The Morgan fingerprint density at radius 3 is 2.33 bits per heavy atom. The van der Waals surface area contributed by atoms with Gasteiger partial charge in [-0.15, -0.1) is 11.3 Å². The summed E-state index contributed by atoms with van der Waals surface area (Å²) in [6.07, 6.45) is 2.59. The van der Waals surface area contributed by atoms with E-state index in [2.05, 4.69) is 10.3 Å². The predicted molar refractivity (Wildman–Crippen MR) is 115 cm³/mol. The van der Waals surface area contributed by atoms with Crippen LogP contribution in [0.2, 0.25) is 0 Å². The van der Waals surface area contributed by atoms with Gasteiger partial charge in [-0.05, 0) is 49.2 Å². The van der Waals surface area contributed by atoms with Crippen LogP contribution >= 0.6 is 11.3 Å². The van der Waals surface area contributed by atoms with Gasteiger partial charge >= 0.3 is 0 Å². The van der Waals surface area contributed by atoms with Gasteiger partial charge in [0.1, 0.15) is 11.5 Å². The number of para-hydroxylation sites is 1. The van der Waals surface area contributed by atoms with Crippen LogP contribution in [-0.4, -0.2) is 36.7 Å². The van der Waals surface area contributed by atoms with Crippen molar-refractivity contribution in [3.8, 4) is 11.5 Å². The highest BCUT2D eigenvalue weighted by molar-refractivity contribution is 7.89.